The standard InChI is InChI=1S/C12H11FN2O3/c1-7-4-9(13)8(6-16)5-10(7)15-3-2-11(17)14-12(15)18/h4-6H,2-3H2,1H3,(H,14,17,18). The van der Waals surface area contributed by atoms with Gasteiger partial charge in [0.1, 0.15) is 5.82 Å². The number of aldehydes is 1. The van der Waals surface area contributed by atoms with Crippen LogP contribution in [0.2, 0.25) is 0 Å². The average Bonchev–Trinajstić information content (AvgIpc) is 2.30. The summed E-state index contributed by atoms with van der Waals surface area (Å²) in [6.07, 6.45) is 0.574. The molecule has 1 aromatic carbocycles. The summed E-state index contributed by atoms with van der Waals surface area (Å²) in [4.78, 5) is 34.7. The number of carbonyl (C=O) groups excluding carboxylic acids is 3. The van der Waals surface area contributed by atoms with Gasteiger partial charge in [0.05, 0.1) is 5.56 Å². The molecule has 0 bridgehead atoms. The zero-order chi connectivity index (χ0) is 13.3. The van der Waals surface area contributed by atoms with E-state index in [1.165, 1.54) is 17.0 Å². The lowest BCUT2D eigenvalue weighted by atomic mass is 10.1. The number of amides is 3. The Morgan fingerprint density at radius 1 is 1.39 bits per heavy atom. The Balaban J connectivity index is 2.41. The summed E-state index contributed by atoms with van der Waals surface area (Å²) in [6, 6.07) is 1.95. The van der Waals surface area contributed by atoms with Crippen molar-refractivity contribution in [1.29, 1.82) is 0 Å². The molecule has 1 fully saturated rings. The normalized spacial score (nSPS) is 15.6. The topological polar surface area (TPSA) is 66.5 Å². The number of hydrogen-bond donors (Lipinski definition) is 1. The summed E-state index contributed by atoms with van der Waals surface area (Å²) < 4.78 is 13.4. The SMILES string of the molecule is Cc1cc(F)c(C=O)cc1N1CCC(=O)NC1=O. The first-order valence-corrected chi connectivity index (χ1v) is 5.39. The van der Waals surface area contributed by atoms with E-state index in [1.54, 1.807) is 6.92 Å². The van der Waals surface area contributed by atoms with E-state index in [1.807, 2.05) is 0 Å². The monoisotopic (exact) mass is 250 g/mol. The van der Waals surface area contributed by atoms with Crippen molar-refractivity contribution < 1.29 is 18.8 Å². The van der Waals surface area contributed by atoms with Crippen LogP contribution in [-0.4, -0.2) is 24.8 Å². The molecule has 18 heavy (non-hydrogen) atoms. The van der Waals surface area contributed by atoms with E-state index in [0.717, 1.165) is 0 Å². The predicted octanol–water partition coefficient (Wildman–Crippen LogP) is 1.39. The van der Waals surface area contributed by atoms with Crippen LogP contribution in [-0.2, 0) is 4.79 Å². The van der Waals surface area contributed by atoms with E-state index in [-0.39, 0.29) is 24.4 Å². The molecule has 0 aromatic heterocycles. The molecule has 2 rings (SSSR count). The number of nitrogens with zero attached hydrogens (tertiary/aromatic N) is 1. The number of nitrogens with one attached hydrogen (secondary N) is 1. The number of carbonyl (C=O) groups is 3. The summed E-state index contributed by atoms with van der Waals surface area (Å²) in [7, 11) is 0. The molecule has 1 N–H and O–H groups in total. The zero-order valence-electron chi connectivity index (χ0n) is 9.70. The Kier molecular flexibility index (Phi) is 3.10. The molecule has 0 saturated carbocycles. The maximum atomic E-state index is 13.4. The number of aryl methyl sites for hydroxylation is 1. The quantitative estimate of drug-likeness (QED) is 0.806. The van der Waals surface area contributed by atoms with Crippen LogP contribution in [0.25, 0.3) is 0 Å². The summed E-state index contributed by atoms with van der Waals surface area (Å²) in [5.74, 6) is -0.966. The van der Waals surface area contributed by atoms with Gasteiger partial charge in [-0.2, -0.15) is 0 Å². The van der Waals surface area contributed by atoms with Gasteiger partial charge in [-0.05, 0) is 24.6 Å². The lowest BCUT2D eigenvalue weighted by Gasteiger charge is -2.28. The molecular formula is C12H11FN2O3. The molecule has 3 amide bonds. The second-order valence-corrected chi connectivity index (χ2v) is 4.03. The van der Waals surface area contributed by atoms with Gasteiger partial charge < -0.3 is 0 Å². The van der Waals surface area contributed by atoms with Crippen LogP contribution in [0, 0.1) is 12.7 Å². The number of urea groups is 1. The zero-order valence-corrected chi connectivity index (χ0v) is 9.70. The third-order valence-corrected chi connectivity index (χ3v) is 2.79. The third kappa shape index (κ3) is 2.09. The van der Waals surface area contributed by atoms with Gasteiger partial charge >= 0.3 is 6.03 Å². The molecule has 0 atom stereocenters. The molecule has 1 aliphatic heterocycles. The smallest absolute Gasteiger partial charge is 0.298 e. The molecule has 1 heterocycles. The van der Waals surface area contributed by atoms with Crippen molar-refractivity contribution in [3.63, 3.8) is 0 Å². The lowest BCUT2D eigenvalue weighted by molar-refractivity contribution is -0.120. The molecule has 6 heteroatoms. The third-order valence-electron chi connectivity index (χ3n) is 2.79. The average molecular weight is 250 g/mol. The highest BCUT2D eigenvalue weighted by Gasteiger charge is 2.25. The Hall–Kier alpha value is -2.24. The minimum Gasteiger partial charge on any atom is -0.298 e. The summed E-state index contributed by atoms with van der Waals surface area (Å²) in [6.45, 7) is 1.85. The van der Waals surface area contributed by atoms with Crippen LogP contribution in [0.15, 0.2) is 12.1 Å². The van der Waals surface area contributed by atoms with Gasteiger partial charge in [-0.3, -0.25) is 19.8 Å². The largest absolute Gasteiger partial charge is 0.328 e. The Labute approximate surface area is 103 Å². The number of rotatable bonds is 2. The maximum absolute atomic E-state index is 13.4. The van der Waals surface area contributed by atoms with Gasteiger partial charge in [0.15, 0.2) is 6.29 Å². The Morgan fingerprint density at radius 3 is 2.72 bits per heavy atom. The molecule has 5 nitrogen and oxygen atoms in total. The molecule has 0 radical (unpaired) electrons. The van der Waals surface area contributed by atoms with E-state index in [9.17, 15) is 18.8 Å². The highest BCUT2D eigenvalue weighted by Crippen LogP contribution is 2.24. The highest BCUT2D eigenvalue weighted by molar-refractivity contribution is 6.06. The summed E-state index contributed by atoms with van der Waals surface area (Å²) >= 11 is 0. The fraction of sp³-hybridized carbons (Fsp3) is 0.250. The Bertz CT molecular complexity index is 542. The number of halogens is 1. The van der Waals surface area contributed by atoms with Crippen molar-refractivity contribution in [2.75, 3.05) is 11.4 Å². The number of imide groups is 1. The van der Waals surface area contributed by atoms with Crippen LogP contribution in [0.5, 0.6) is 0 Å². The molecule has 94 valence electrons. The van der Waals surface area contributed by atoms with Crippen LogP contribution < -0.4 is 10.2 Å². The first-order chi connectivity index (χ1) is 8.52. The van der Waals surface area contributed by atoms with E-state index in [0.29, 0.717) is 17.5 Å². The summed E-state index contributed by atoms with van der Waals surface area (Å²) in [5, 5.41) is 2.17. The molecule has 1 aliphatic rings. The number of benzene rings is 1. The fourth-order valence-electron chi connectivity index (χ4n) is 1.85. The van der Waals surface area contributed by atoms with Crippen molar-refractivity contribution >= 4 is 23.9 Å². The number of hydrogen-bond acceptors (Lipinski definition) is 3. The molecule has 0 unspecified atom stereocenters. The van der Waals surface area contributed by atoms with E-state index >= 15 is 0 Å². The molecule has 1 saturated heterocycles. The van der Waals surface area contributed by atoms with E-state index in [2.05, 4.69) is 5.32 Å². The van der Waals surface area contributed by atoms with Gasteiger partial charge in [-0.1, -0.05) is 0 Å². The van der Waals surface area contributed by atoms with Crippen LogP contribution in [0.1, 0.15) is 22.3 Å². The maximum Gasteiger partial charge on any atom is 0.328 e. The van der Waals surface area contributed by atoms with Crippen molar-refractivity contribution in [1.82, 2.24) is 5.32 Å². The molecule has 1 aromatic rings. The van der Waals surface area contributed by atoms with E-state index < -0.39 is 11.8 Å². The first-order valence-electron chi connectivity index (χ1n) is 5.39. The molecule has 0 aliphatic carbocycles. The van der Waals surface area contributed by atoms with Gasteiger partial charge in [0, 0.05) is 18.7 Å². The van der Waals surface area contributed by atoms with Crippen LogP contribution in [0.4, 0.5) is 14.9 Å². The molecular weight excluding hydrogens is 239 g/mol. The van der Waals surface area contributed by atoms with Crippen molar-refractivity contribution in [2.24, 2.45) is 0 Å². The second kappa shape index (κ2) is 4.56. The van der Waals surface area contributed by atoms with Gasteiger partial charge in [0.25, 0.3) is 0 Å². The lowest BCUT2D eigenvalue weighted by Crippen LogP contribution is -2.49. The van der Waals surface area contributed by atoms with Crippen LogP contribution in [0.3, 0.4) is 0 Å². The van der Waals surface area contributed by atoms with Gasteiger partial charge in [-0.15, -0.1) is 0 Å². The van der Waals surface area contributed by atoms with Crippen molar-refractivity contribution in [3.8, 4) is 0 Å². The van der Waals surface area contributed by atoms with E-state index in [4.69, 9.17) is 0 Å². The number of anilines is 1. The second-order valence-electron chi connectivity index (χ2n) is 4.03. The minimum absolute atomic E-state index is 0.111. The minimum atomic E-state index is -0.625. The molecule has 0 spiro atoms. The fourth-order valence-corrected chi connectivity index (χ4v) is 1.85. The highest BCUT2D eigenvalue weighted by atomic mass is 19.1. The van der Waals surface area contributed by atoms with Crippen LogP contribution >= 0.6 is 0 Å². The summed E-state index contributed by atoms with van der Waals surface area (Å²) in [5.41, 5.74) is 0.853. The first kappa shape index (κ1) is 12.2. The van der Waals surface area contributed by atoms with Gasteiger partial charge in [0.2, 0.25) is 5.91 Å². The Morgan fingerprint density at radius 2 is 2.11 bits per heavy atom. The predicted molar refractivity (Wildman–Crippen MR) is 62.0 cm³/mol. The van der Waals surface area contributed by atoms with Crippen molar-refractivity contribution in [2.45, 2.75) is 13.3 Å². The van der Waals surface area contributed by atoms with Crippen molar-refractivity contribution in [3.05, 3.63) is 29.1 Å². The van der Waals surface area contributed by atoms with Gasteiger partial charge in [-0.25, -0.2) is 9.18 Å².